The Kier molecular flexibility index (Phi) is 5.22. The van der Waals surface area contributed by atoms with Crippen LogP contribution in [0.25, 0.3) is 20.4 Å². The quantitative estimate of drug-likeness (QED) is 0.355. The molecule has 0 aliphatic carbocycles. The first-order valence-electron chi connectivity index (χ1n) is 8.17. The predicted octanol–water partition coefficient (Wildman–Crippen LogP) is 3.72. The van der Waals surface area contributed by atoms with Gasteiger partial charge in [0.2, 0.25) is 0 Å². The maximum atomic E-state index is 12.0. The summed E-state index contributed by atoms with van der Waals surface area (Å²) in [7, 11) is 0. The van der Waals surface area contributed by atoms with Gasteiger partial charge in [-0.05, 0) is 22.9 Å². The van der Waals surface area contributed by atoms with Gasteiger partial charge >= 0.3 is 0 Å². The summed E-state index contributed by atoms with van der Waals surface area (Å²) in [6.07, 6.45) is 0. The van der Waals surface area contributed by atoms with Gasteiger partial charge in [-0.3, -0.25) is 9.59 Å². The third-order valence-electron chi connectivity index (χ3n) is 3.78. The van der Waals surface area contributed by atoms with Crippen LogP contribution in [0.4, 0.5) is 0 Å². The molecule has 0 aliphatic rings. The fraction of sp³-hybridized carbons (Fsp3) is 0.125. The molecule has 146 valence electrons. The number of H-pyrrole nitrogens is 2. The van der Waals surface area contributed by atoms with Gasteiger partial charge in [0, 0.05) is 0 Å². The topological polar surface area (TPSA) is 117 Å². The Morgan fingerprint density at radius 2 is 1.28 bits per heavy atom. The van der Waals surface area contributed by atoms with Crippen LogP contribution in [0.5, 0.6) is 0 Å². The van der Waals surface area contributed by atoms with Gasteiger partial charge in [-0.2, -0.15) is 0 Å². The molecule has 29 heavy (non-hydrogen) atoms. The number of rotatable bonds is 6. The second-order valence-electron chi connectivity index (χ2n) is 5.71. The Morgan fingerprint density at radius 1 is 0.793 bits per heavy atom. The summed E-state index contributed by atoms with van der Waals surface area (Å²) in [6, 6.07) is 3.68. The van der Waals surface area contributed by atoms with Gasteiger partial charge in [-0.1, -0.05) is 34.9 Å². The van der Waals surface area contributed by atoms with E-state index in [1.807, 2.05) is 22.9 Å². The normalized spacial score (nSPS) is 11.6. The van der Waals surface area contributed by atoms with E-state index in [1.54, 1.807) is 0 Å². The fourth-order valence-electron chi connectivity index (χ4n) is 2.55. The van der Waals surface area contributed by atoms with Crippen molar-refractivity contribution < 1.29 is 0 Å². The molecule has 0 radical (unpaired) electrons. The zero-order chi connectivity index (χ0) is 19.8. The molecule has 0 amide bonds. The molecule has 2 N–H and O–H groups in total. The zero-order valence-corrected chi connectivity index (χ0v) is 18.5. The highest BCUT2D eigenvalue weighted by atomic mass is 32.2. The van der Waals surface area contributed by atoms with Crippen molar-refractivity contribution in [1.82, 2.24) is 30.1 Å². The lowest BCUT2D eigenvalue weighted by Crippen LogP contribution is -2.09. The van der Waals surface area contributed by atoms with Gasteiger partial charge in [-0.15, -0.1) is 32.9 Å². The lowest BCUT2D eigenvalue weighted by atomic mass is 10.4. The lowest BCUT2D eigenvalue weighted by molar-refractivity contribution is 0.949. The minimum absolute atomic E-state index is 0.113. The molecule has 0 saturated heterocycles. The third kappa shape index (κ3) is 4.00. The van der Waals surface area contributed by atoms with Crippen LogP contribution in [0.2, 0.25) is 0 Å². The Morgan fingerprint density at radius 3 is 1.76 bits per heavy atom. The molecule has 5 rings (SSSR count). The van der Waals surface area contributed by atoms with Crippen molar-refractivity contribution in [1.29, 1.82) is 0 Å². The zero-order valence-electron chi connectivity index (χ0n) is 14.4. The minimum atomic E-state index is -0.113. The number of aromatic nitrogens is 6. The van der Waals surface area contributed by atoms with Crippen LogP contribution in [-0.4, -0.2) is 30.1 Å². The molecule has 0 aliphatic heterocycles. The number of thiophene rings is 2. The molecule has 0 bridgehead atoms. The van der Waals surface area contributed by atoms with Crippen molar-refractivity contribution in [2.45, 2.75) is 20.2 Å². The van der Waals surface area contributed by atoms with Crippen molar-refractivity contribution in [2.75, 3.05) is 0 Å². The van der Waals surface area contributed by atoms with Crippen LogP contribution < -0.4 is 11.1 Å². The molecule has 0 aromatic carbocycles. The first-order valence-corrected chi connectivity index (χ1v) is 12.7. The van der Waals surface area contributed by atoms with Gasteiger partial charge < -0.3 is 9.97 Å². The molecule has 5 aromatic heterocycles. The minimum Gasteiger partial charge on any atom is -0.309 e. The number of hydrogen-bond acceptors (Lipinski definition) is 11. The van der Waals surface area contributed by atoms with E-state index in [0.717, 1.165) is 8.68 Å². The largest absolute Gasteiger partial charge is 0.309 e. The van der Waals surface area contributed by atoms with E-state index in [-0.39, 0.29) is 11.1 Å². The van der Waals surface area contributed by atoms with E-state index in [9.17, 15) is 9.59 Å². The van der Waals surface area contributed by atoms with E-state index >= 15 is 0 Å². The van der Waals surface area contributed by atoms with Crippen molar-refractivity contribution in [3.05, 3.63) is 55.2 Å². The Hall–Kier alpha value is -2.06. The van der Waals surface area contributed by atoms with Gasteiger partial charge in [-0.25, -0.2) is 9.97 Å². The third-order valence-corrected chi connectivity index (χ3v) is 8.80. The smallest absolute Gasteiger partial charge is 0.268 e. The van der Waals surface area contributed by atoms with Crippen LogP contribution in [0, 0.1) is 0 Å². The van der Waals surface area contributed by atoms with E-state index in [1.165, 1.54) is 57.5 Å². The highest BCUT2D eigenvalue weighted by Crippen LogP contribution is 2.31. The van der Waals surface area contributed by atoms with Crippen LogP contribution in [0.3, 0.4) is 0 Å². The van der Waals surface area contributed by atoms with Crippen LogP contribution in [0.15, 0.2) is 41.2 Å². The number of nitrogens with zero attached hydrogens (tertiary/aromatic N) is 4. The van der Waals surface area contributed by atoms with E-state index in [4.69, 9.17) is 0 Å². The SMILES string of the molecule is O=c1[nH]c(CSc2nnc(SCc3nc4ccsc4c(=O)[nH]3)s2)nc2ccsc12. The summed E-state index contributed by atoms with van der Waals surface area (Å²) in [5, 5.41) is 12.1. The van der Waals surface area contributed by atoms with Crippen molar-refractivity contribution in [3.8, 4) is 0 Å². The molecule has 13 heteroatoms. The summed E-state index contributed by atoms with van der Waals surface area (Å²) in [6.45, 7) is 0. The summed E-state index contributed by atoms with van der Waals surface area (Å²) >= 11 is 7.17. The average molecular weight is 479 g/mol. The standard InChI is InChI=1S/C16H10N6O2S5/c23-13-11-7(1-3-25-11)17-9(19-13)5-27-15-21-22-16(29-15)28-6-10-18-8-2-4-26-12(8)14(24)20-10/h1-4H,5-6H2,(H,17,19,23)(H,18,20,24). The highest BCUT2D eigenvalue weighted by Gasteiger charge is 2.11. The molecule has 0 unspecified atom stereocenters. The predicted molar refractivity (Wildman–Crippen MR) is 120 cm³/mol. The number of aromatic amines is 2. The summed E-state index contributed by atoms with van der Waals surface area (Å²) < 4.78 is 2.85. The Bertz CT molecular complexity index is 1320. The molecule has 0 saturated carbocycles. The summed E-state index contributed by atoms with van der Waals surface area (Å²) in [5.74, 6) is 2.23. The number of nitrogens with one attached hydrogen (secondary N) is 2. The Labute approximate surface area is 182 Å². The van der Waals surface area contributed by atoms with Gasteiger partial charge in [0.1, 0.15) is 21.0 Å². The average Bonchev–Trinajstić information content (AvgIpc) is 3.45. The lowest BCUT2D eigenvalue weighted by Gasteiger charge is -1.99. The molecule has 5 heterocycles. The highest BCUT2D eigenvalue weighted by molar-refractivity contribution is 8.02. The Balaban J connectivity index is 1.24. The fourth-order valence-corrected chi connectivity index (χ4v) is 6.77. The maximum Gasteiger partial charge on any atom is 0.268 e. The molecular weight excluding hydrogens is 469 g/mol. The van der Waals surface area contributed by atoms with Crippen LogP contribution in [-0.2, 0) is 11.5 Å². The van der Waals surface area contributed by atoms with E-state index < -0.39 is 0 Å². The first kappa shape index (κ1) is 18.9. The number of fused-ring (bicyclic) bond motifs is 2. The molecular formula is C16H10N6O2S5. The van der Waals surface area contributed by atoms with Crippen LogP contribution >= 0.6 is 57.5 Å². The monoisotopic (exact) mass is 478 g/mol. The van der Waals surface area contributed by atoms with Crippen LogP contribution in [0.1, 0.15) is 11.6 Å². The summed E-state index contributed by atoms with van der Waals surface area (Å²) in [4.78, 5) is 38.6. The maximum absolute atomic E-state index is 12.0. The number of hydrogen-bond donors (Lipinski definition) is 2. The molecule has 8 nitrogen and oxygen atoms in total. The van der Waals surface area contributed by atoms with Crippen molar-refractivity contribution >= 4 is 78.0 Å². The van der Waals surface area contributed by atoms with Gasteiger partial charge in [0.15, 0.2) is 8.68 Å². The van der Waals surface area contributed by atoms with Crippen molar-refractivity contribution in [2.24, 2.45) is 0 Å². The van der Waals surface area contributed by atoms with Crippen molar-refractivity contribution in [3.63, 3.8) is 0 Å². The molecule has 0 atom stereocenters. The van der Waals surface area contributed by atoms with Gasteiger partial charge in [0.25, 0.3) is 11.1 Å². The first-order chi connectivity index (χ1) is 14.2. The molecule has 0 fully saturated rings. The summed E-state index contributed by atoms with van der Waals surface area (Å²) in [5.41, 5.74) is 1.20. The van der Waals surface area contributed by atoms with Gasteiger partial charge in [0.05, 0.1) is 22.5 Å². The second kappa shape index (κ2) is 7.99. The number of thioether (sulfide) groups is 2. The van der Waals surface area contributed by atoms with E-state index in [0.29, 0.717) is 43.6 Å². The second-order valence-corrected chi connectivity index (χ2v) is 11.0. The molecule has 0 spiro atoms. The molecule has 5 aromatic rings. The van der Waals surface area contributed by atoms with E-state index in [2.05, 4.69) is 30.1 Å².